The lowest BCUT2D eigenvalue weighted by molar-refractivity contribution is 0.0661. The first-order valence-corrected chi connectivity index (χ1v) is 8.83. The van der Waals surface area contributed by atoms with Gasteiger partial charge in [-0.1, -0.05) is 18.2 Å². The van der Waals surface area contributed by atoms with E-state index in [1.807, 2.05) is 12.1 Å². The quantitative estimate of drug-likeness (QED) is 0.842. The van der Waals surface area contributed by atoms with Gasteiger partial charge in [0, 0.05) is 26.2 Å². The summed E-state index contributed by atoms with van der Waals surface area (Å²) in [4.78, 5) is 13.7. The highest BCUT2D eigenvalue weighted by molar-refractivity contribution is 7.07. The lowest BCUT2D eigenvalue weighted by Gasteiger charge is -2.25. The standard InChI is InChI=1S/C18H21NO3S/c20-18(21)17-6-2-1-4-15(17)11-19(10-14-7-9-23-13-14)12-16-5-3-8-22-16/h1-2,4,6-7,9,13,16H,3,5,8,10-12H2,(H,20,21)/t16-/m1/s1. The zero-order chi connectivity index (χ0) is 16.1. The number of carboxylic acids is 1. The molecule has 1 aromatic heterocycles. The molecule has 1 aliphatic heterocycles. The summed E-state index contributed by atoms with van der Waals surface area (Å²) in [5, 5.41) is 13.6. The van der Waals surface area contributed by atoms with Gasteiger partial charge in [0.25, 0.3) is 0 Å². The second-order valence-electron chi connectivity index (χ2n) is 5.90. The molecule has 2 heterocycles. The second-order valence-corrected chi connectivity index (χ2v) is 6.68. The van der Waals surface area contributed by atoms with Crippen molar-refractivity contribution in [3.8, 4) is 0 Å². The summed E-state index contributed by atoms with van der Waals surface area (Å²) in [5.41, 5.74) is 2.50. The fourth-order valence-corrected chi connectivity index (χ4v) is 3.67. The maximum atomic E-state index is 11.4. The summed E-state index contributed by atoms with van der Waals surface area (Å²) >= 11 is 1.69. The molecular formula is C18H21NO3S. The van der Waals surface area contributed by atoms with Crippen LogP contribution < -0.4 is 0 Å². The number of ether oxygens (including phenoxy) is 1. The number of carbonyl (C=O) groups is 1. The lowest BCUT2D eigenvalue weighted by Crippen LogP contribution is -2.31. The predicted octanol–water partition coefficient (Wildman–Crippen LogP) is 3.63. The van der Waals surface area contributed by atoms with Gasteiger partial charge in [-0.3, -0.25) is 4.90 Å². The third kappa shape index (κ3) is 4.41. The van der Waals surface area contributed by atoms with Crippen LogP contribution in [0.25, 0.3) is 0 Å². The molecule has 0 unspecified atom stereocenters. The van der Waals surface area contributed by atoms with E-state index < -0.39 is 5.97 Å². The molecule has 1 saturated heterocycles. The molecule has 0 spiro atoms. The minimum Gasteiger partial charge on any atom is -0.478 e. The first kappa shape index (κ1) is 16.2. The highest BCUT2D eigenvalue weighted by atomic mass is 32.1. The van der Waals surface area contributed by atoms with Crippen LogP contribution in [0.1, 0.15) is 34.3 Å². The van der Waals surface area contributed by atoms with Gasteiger partial charge in [-0.15, -0.1) is 0 Å². The van der Waals surface area contributed by atoms with Crippen molar-refractivity contribution in [1.29, 1.82) is 0 Å². The van der Waals surface area contributed by atoms with Crippen LogP contribution in [0.2, 0.25) is 0 Å². The van der Waals surface area contributed by atoms with Crippen molar-refractivity contribution >= 4 is 17.3 Å². The van der Waals surface area contributed by atoms with Crippen molar-refractivity contribution < 1.29 is 14.6 Å². The van der Waals surface area contributed by atoms with Crippen molar-refractivity contribution in [2.45, 2.75) is 32.0 Å². The van der Waals surface area contributed by atoms with Gasteiger partial charge in [0.2, 0.25) is 0 Å². The number of hydrogen-bond donors (Lipinski definition) is 1. The van der Waals surface area contributed by atoms with Crippen LogP contribution in [0.15, 0.2) is 41.1 Å². The third-order valence-corrected chi connectivity index (χ3v) is 4.85. The number of thiophene rings is 1. The van der Waals surface area contributed by atoms with Crippen molar-refractivity contribution in [1.82, 2.24) is 4.90 Å². The Hall–Kier alpha value is -1.69. The van der Waals surface area contributed by atoms with Crippen LogP contribution in [0.5, 0.6) is 0 Å². The molecule has 1 N–H and O–H groups in total. The van der Waals surface area contributed by atoms with Gasteiger partial charge in [-0.25, -0.2) is 4.79 Å². The lowest BCUT2D eigenvalue weighted by atomic mass is 10.1. The Morgan fingerprint density at radius 2 is 2.17 bits per heavy atom. The van der Waals surface area contributed by atoms with E-state index in [0.29, 0.717) is 12.1 Å². The van der Waals surface area contributed by atoms with E-state index in [4.69, 9.17) is 4.74 Å². The number of carboxylic acid groups (broad SMARTS) is 1. The molecule has 1 fully saturated rings. The molecule has 0 saturated carbocycles. The molecular weight excluding hydrogens is 310 g/mol. The summed E-state index contributed by atoms with van der Waals surface area (Å²) in [5.74, 6) is -0.867. The molecule has 1 atom stereocenters. The Morgan fingerprint density at radius 3 is 2.87 bits per heavy atom. The summed E-state index contributed by atoms with van der Waals surface area (Å²) in [6.45, 7) is 3.11. The largest absolute Gasteiger partial charge is 0.478 e. The Morgan fingerprint density at radius 1 is 1.30 bits per heavy atom. The van der Waals surface area contributed by atoms with Gasteiger partial charge < -0.3 is 9.84 Å². The fraction of sp³-hybridized carbons (Fsp3) is 0.389. The van der Waals surface area contributed by atoms with Crippen molar-refractivity contribution in [2.24, 2.45) is 0 Å². The molecule has 5 heteroatoms. The molecule has 3 rings (SSSR count). The van der Waals surface area contributed by atoms with Gasteiger partial charge >= 0.3 is 5.97 Å². The maximum Gasteiger partial charge on any atom is 0.336 e. The predicted molar refractivity (Wildman–Crippen MR) is 90.8 cm³/mol. The second kappa shape index (κ2) is 7.73. The number of hydrogen-bond acceptors (Lipinski definition) is 4. The highest BCUT2D eigenvalue weighted by Gasteiger charge is 2.21. The smallest absolute Gasteiger partial charge is 0.336 e. The molecule has 2 aromatic rings. The molecule has 4 nitrogen and oxygen atoms in total. The summed E-state index contributed by atoms with van der Waals surface area (Å²) < 4.78 is 5.76. The highest BCUT2D eigenvalue weighted by Crippen LogP contribution is 2.19. The first-order valence-electron chi connectivity index (χ1n) is 7.88. The molecule has 1 aromatic carbocycles. The van der Waals surface area contributed by atoms with Crippen molar-refractivity contribution in [2.75, 3.05) is 13.2 Å². The zero-order valence-electron chi connectivity index (χ0n) is 13.0. The number of rotatable bonds is 7. The Bertz CT molecular complexity index is 635. The van der Waals surface area contributed by atoms with E-state index in [-0.39, 0.29) is 6.10 Å². The first-order chi connectivity index (χ1) is 11.2. The van der Waals surface area contributed by atoms with Crippen LogP contribution >= 0.6 is 11.3 Å². The molecule has 0 aliphatic carbocycles. The van der Waals surface area contributed by atoms with Gasteiger partial charge in [-0.05, 0) is 46.9 Å². The van der Waals surface area contributed by atoms with E-state index >= 15 is 0 Å². The molecule has 23 heavy (non-hydrogen) atoms. The Kier molecular flexibility index (Phi) is 5.43. The number of aromatic carboxylic acids is 1. The van der Waals surface area contributed by atoms with Gasteiger partial charge in [-0.2, -0.15) is 11.3 Å². The van der Waals surface area contributed by atoms with Gasteiger partial charge in [0.05, 0.1) is 11.7 Å². The number of benzene rings is 1. The minimum atomic E-state index is -0.867. The fourth-order valence-electron chi connectivity index (χ4n) is 3.01. The van der Waals surface area contributed by atoms with Crippen LogP contribution in [0.4, 0.5) is 0 Å². The number of nitrogens with zero attached hydrogens (tertiary/aromatic N) is 1. The molecule has 0 amide bonds. The Labute approximate surface area is 140 Å². The Balaban J connectivity index is 1.75. The molecule has 0 bridgehead atoms. The average Bonchev–Trinajstić information content (AvgIpc) is 3.21. The summed E-state index contributed by atoms with van der Waals surface area (Å²) in [6.07, 6.45) is 2.45. The van der Waals surface area contributed by atoms with E-state index in [1.54, 1.807) is 23.5 Å². The van der Waals surface area contributed by atoms with Crippen LogP contribution in [0.3, 0.4) is 0 Å². The van der Waals surface area contributed by atoms with Crippen molar-refractivity contribution in [3.05, 3.63) is 57.8 Å². The normalized spacial score (nSPS) is 17.7. The molecule has 1 aliphatic rings. The third-order valence-electron chi connectivity index (χ3n) is 4.11. The SMILES string of the molecule is O=C(O)c1ccccc1CN(Cc1ccsc1)C[C@H]1CCCO1. The summed E-state index contributed by atoms with van der Waals surface area (Å²) in [7, 11) is 0. The van der Waals surface area contributed by atoms with Crippen LogP contribution in [-0.4, -0.2) is 35.2 Å². The summed E-state index contributed by atoms with van der Waals surface area (Å²) in [6, 6.07) is 9.37. The monoisotopic (exact) mass is 331 g/mol. The van der Waals surface area contributed by atoms with E-state index in [0.717, 1.165) is 38.1 Å². The van der Waals surface area contributed by atoms with Crippen LogP contribution in [-0.2, 0) is 17.8 Å². The minimum absolute atomic E-state index is 0.255. The molecule has 0 radical (unpaired) electrons. The average molecular weight is 331 g/mol. The topological polar surface area (TPSA) is 49.8 Å². The van der Waals surface area contributed by atoms with Crippen molar-refractivity contribution in [3.63, 3.8) is 0 Å². The van der Waals surface area contributed by atoms with Crippen LogP contribution in [0, 0.1) is 0 Å². The van der Waals surface area contributed by atoms with E-state index in [1.165, 1.54) is 5.56 Å². The van der Waals surface area contributed by atoms with E-state index in [2.05, 4.69) is 21.7 Å². The molecule has 122 valence electrons. The maximum absolute atomic E-state index is 11.4. The zero-order valence-corrected chi connectivity index (χ0v) is 13.8. The van der Waals surface area contributed by atoms with E-state index in [9.17, 15) is 9.90 Å². The van der Waals surface area contributed by atoms with Gasteiger partial charge in [0.15, 0.2) is 0 Å². The van der Waals surface area contributed by atoms with Gasteiger partial charge in [0.1, 0.15) is 0 Å².